The van der Waals surface area contributed by atoms with Crippen LogP contribution < -0.4 is 11.1 Å². The van der Waals surface area contributed by atoms with Gasteiger partial charge in [-0.15, -0.1) is 0 Å². The molecule has 1 amide bonds. The summed E-state index contributed by atoms with van der Waals surface area (Å²) in [6, 6.07) is 14.3. The Kier molecular flexibility index (Phi) is 3.40. The van der Waals surface area contributed by atoms with Crippen molar-refractivity contribution in [2.45, 2.75) is 24.7 Å². The lowest BCUT2D eigenvalue weighted by molar-refractivity contribution is 0.100. The van der Waals surface area contributed by atoms with Crippen LogP contribution in [0.15, 0.2) is 48.7 Å². The highest BCUT2D eigenvalue weighted by Crippen LogP contribution is 2.47. The number of hydrogen-bond acceptors (Lipinski definition) is 3. The van der Waals surface area contributed by atoms with Crippen LogP contribution in [0.3, 0.4) is 0 Å². The molecule has 5 nitrogen and oxygen atoms in total. The van der Waals surface area contributed by atoms with Crippen molar-refractivity contribution < 1.29 is 4.79 Å². The summed E-state index contributed by atoms with van der Waals surface area (Å²) in [4.78, 5) is 11.6. The van der Waals surface area contributed by atoms with E-state index in [-0.39, 0.29) is 0 Å². The third kappa shape index (κ3) is 2.20. The Hall–Kier alpha value is -2.66. The van der Waals surface area contributed by atoms with E-state index in [1.807, 2.05) is 23.0 Å². The molecule has 1 saturated carbocycles. The summed E-state index contributed by atoms with van der Waals surface area (Å²) in [5.74, 6) is 0.315. The molecule has 2 aliphatic rings. The Balaban J connectivity index is 1.53. The smallest absolute Gasteiger partial charge is 0.250 e. The summed E-state index contributed by atoms with van der Waals surface area (Å²) in [6.07, 6.45) is 5.88. The van der Waals surface area contributed by atoms with Crippen molar-refractivity contribution in [1.82, 2.24) is 15.1 Å². The van der Waals surface area contributed by atoms with Crippen LogP contribution >= 0.6 is 0 Å². The van der Waals surface area contributed by atoms with Crippen molar-refractivity contribution in [2.75, 3.05) is 13.1 Å². The lowest BCUT2D eigenvalue weighted by atomic mass is 9.74. The Labute approximate surface area is 152 Å². The minimum atomic E-state index is -0.448. The van der Waals surface area contributed by atoms with Crippen molar-refractivity contribution >= 4 is 16.8 Å². The summed E-state index contributed by atoms with van der Waals surface area (Å²) < 4.78 is 1.83. The first-order chi connectivity index (χ1) is 12.7. The van der Waals surface area contributed by atoms with Crippen LogP contribution in [0.1, 0.15) is 35.2 Å². The number of amides is 1. The van der Waals surface area contributed by atoms with Crippen LogP contribution in [0.25, 0.3) is 16.6 Å². The maximum atomic E-state index is 11.6. The SMILES string of the molecule is NC(=O)c1cccc2cn(-c3ccc(C45CCCC4CNC5)cc3)nc12. The Morgan fingerprint density at radius 2 is 2.08 bits per heavy atom. The number of nitrogens with two attached hydrogens (primary N) is 1. The van der Waals surface area contributed by atoms with Gasteiger partial charge in [-0.3, -0.25) is 4.79 Å². The molecule has 3 N–H and O–H groups in total. The number of aromatic nitrogens is 2. The van der Waals surface area contributed by atoms with Gasteiger partial charge >= 0.3 is 0 Å². The lowest BCUT2D eigenvalue weighted by Gasteiger charge is -2.29. The molecular formula is C21H22N4O. The highest BCUT2D eigenvalue weighted by Gasteiger charge is 2.47. The molecule has 5 rings (SSSR count). The Morgan fingerprint density at radius 3 is 2.88 bits per heavy atom. The second kappa shape index (κ2) is 5.68. The predicted octanol–water partition coefficient (Wildman–Crippen LogP) is 2.77. The fraction of sp³-hybridized carbons (Fsp3) is 0.333. The van der Waals surface area contributed by atoms with E-state index in [1.54, 1.807) is 6.07 Å². The highest BCUT2D eigenvalue weighted by atomic mass is 16.1. The number of nitrogens with zero attached hydrogens (tertiary/aromatic N) is 2. The van der Waals surface area contributed by atoms with Crippen molar-refractivity contribution in [1.29, 1.82) is 0 Å². The number of carbonyl (C=O) groups excluding carboxylic acids is 1. The van der Waals surface area contributed by atoms with Crippen LogP contribution in [-0.2, 0) is 5.41 Å². The van der Waals surface area contributed by atoms with E-state index in [0.29, 0.717) is 16.5 Å². The van der Waals surface area contributed by atoms with Crippen molar-refractivity contribution in [3.63, 3.8) is 0 Å². The van der Waals surface area contributed by atoms with Crippen LogP contribution in [0.2, 0.25) is 0 Å². The summed E-state index contributed by atoms with van der Waals surface area (Å²) in [5, 5.41) is 9.10. The van der Waals surface area contributed by atoms with Gasteiger partial charge in [-0.25, -0.2) is 4.68 Å². The summed E-state index contributed by atoms with van der Waals surface area (Å²) >= 11 is 0. The van der Waals surface area contributed by atoms with Gasteiger partial charge in [-0.05, 0) is 49.1 Å². The van der Waals surface area contributed by atoms with Crippen molar-refractivity contribution in [3.05, 3.63) is 59.8 Å². The Bertz CT molecular complexity index is 979. The van der Waals surface area contributed by atoms with E-state index in [2.05, 4.69) is 34.7 Å². The predicted molar refractivity (Wildman–Crippen MR) is 101 cm³/mol. The maximum absolute atomic E-state index is 11.6. The number of hydrogen-bond donors (Lipinski definition) is 2. The largest absolute Gasteiger partial charge is 0.366 e. The fourth-order valence-electron chi connectivity index (χ4n) is 4.95. The molecular weight excluding hydrogens is 324 g/mol. The van der Waals surface area contributed by atoms with E-state index in [1.165, 1.54) is 24.8 Å². The zero-order valence-electron chi connectivity index (χ0n) is 14.6. The van der Waals surface area contributed by atoms with Gasteiger partial charge in [0, 0.05) is 23.5 Å². The number of primary amides is 1. The quantitative estimate of drug-likeness (QED) is 0.766. The van der Waals surface area contributed by atoms with Gasteiger partial charge in [0.15, 0.2) is 0 Å². The molecule has 2 aromatic carbocycles. The topological polar surface area (TPSA) is 72.9 Å². The highest BCUT2D eigenvalue weighted by molar-refractivity contribution is 6.04. The average molecular weight is 346 g/mol. The van der Waals surface area contributed by atoms with Gasteiger partial charge in [0.1, 0.15) is 5.52 Å². The molecule has 1 aromatic heterocycles. The molecule has 2 fully saturated rings. The molecule has 0 bridgehead atoms. The number of fused-ring (bicyclic) bond motifs is 2. The van der Waals surface area contributed by atoms with Gasteiger partial charge < -0.3 is 11.1 Å². The minimum absolute atomic E-state index is 0.312. The molecule has 1 saturated heterocycles. The molecule has 0 spiro atoms. The van der Waals surface area contributed by atoms with E-state index in [0.717, 1.165) is 30.1 Å². The van der Waals surface area contributed by atoms with Gasteiger partial charge in [0.05, 0.1) is 11.3 Å². The minimum Gasteiger partial charge on any atom is -0.366 e. The maximum Gasteiger partial charge on any atom is 0.250 e. The lowest BCUT2D eigenvalue weighted by Crippen LogP contribution is -2.30. The summed E-state index contributed by atoms with van der Waals surface area (Å²) in [6.45, 7) is 2.23. The van der Waals surface area contributed by atoms with E-state index < -0.39 is 5.91 Å². The third-order valence-electron chi connectivity index (χ3n) is 6.30. The van der Waals surface area contributed by atoms with Gasteiger partial charge in [0.25, 0.3) is 5.91 Å². The standard InChI is InChI=1S/C21H22N4O/c22-20(26)18-5-1-3-14-12-25(24-19(14)18)17-8-6-15(7-9-17)21-10-2-4-16(21)11-23-13-21/h1,3,5-9,12,16,23H,2,4,10-11,13H2,(H2,22,26). The van der Waals surface area contributed by atoms with E-state index in [4.69, 9.17) is 5.73 Å². The first-order valence-electron chi connectivity index (χ1n) is 9.27. The zero-order chi connectivity index (χ0) is 17.7. The molecule has 2 unspecified atom stereocenters. The van der Waals surface area contributed by atoms with Gasteiger partial charge in [0.2, 0.25) is 0 Å². The fourth-order valence-corrected chi connectivity index (χ4v) is 4.95. The summed E-state index contributed by atoms with van der Waals surface area (Å²) in [5.41, 5.74) is 9.33. The molecule has 2 heterocycles. The normalized spacial score (nSPS) is 24.8. The van der Waals surface area contributed by atoms with Crippen molar-refractivity contribution in [3.8, 4) is 5.69 Å². The molecule has 5 heteroatoms. The van der Waals surface area contributed by atoms with Gasteiger partial charge in [-0.1, -0.05) is 30.7 Å². The molecule has 1 aliphatic heterocycles. The van der Waals surface area contributed by atoms with E-state index >= 15 is 0 Å². The first kappa shape index (κ1) is 15.6. The molecule has 132 valence electrons. The number of benzene rings is 2. The molecule has 0 radical (unpaired) electrons. The number of carbonyl (C=O) groups is 1. The monoisotopic (exact) mass is 346 g/mol. The van der Waals surface area contributed by atoms with Crippen LogP contribution in [0.4, 0.5) is 0 Å². The summed E-state index contributed by atoms with van der Waals surface area (Å²) in [7, 11) is 0. The van der Waals surface area contributed by atoms with Crippen LogP contribution in [0.5, 0.6) is 0 Å². The molecule has 1 aliphatic carbocycles. The number of nitrogens with one attached hydrogen (secondary N) is 1. The van der Waals surface area contributed by atoms with Crippen LogP contribution in [-0.4, -0.2) is 28.8 Å². The second-order valence-electron chi connectivity index (χ2n) is 7.60. The third-order valence-corrected chi connectivity index (χ3v) is 6.30. The first-order valence-corrected chi connectivity index (χ1v) is 9.27. The second-order valence-corrected chi connectivity index (χ2v) is 7.60. The molecule has 26 heavy (non-hydrogen) atoms. The molecule has 3 aromatic rings. The number of rotatable bonds is 3. The Morgan fingerprint density at radius 1 is 1.23 bits per heavy atom. The molecule has 2 atom stereocenters. The van der Waals surface area contributed by atoms with Crippen molar-refractivity contribution in [2.24, 2.45) is 11.7 Å². The zero-order valence-corrected chi connectivity index (χ0v) is 14.6. The van der Waals surface area contributed by atoms with E-state index in [9.17, 15) is 4.79 Å². The van der Waals surface area contributed by atoms with Crippen LogP contribution in [0, 0.1) is 5.92 Å². The average Bonchev–Trinajstić information content (AvgIpc) is 3.34. The van der Waals surface area contributed by atoms with Gasteiger partial charge in [-0.2, -0.15) is 5.10 Å².